The van der Waals surface area contributed by atoms with Gasteiger partial charge in [0.25, 0.3) is 0 Å². The molecule has 25 heavy (non-hydrogen) atoms. The van der Waals surface area contributed by atoms with Gasteiger partial charge in [-0.1, -0.05) is 20.8 Å². The molecule has 1 aromatic carbocycles. The van der Waals surface area contributed by atoms with Crippen LogP contribution in [0.2, 0.25) is 0 Å². The van der Waals surface area contributed by atoms with E-state index in [1.165, 1.54) is 23.5 Å². The highest BCUT2D eigenvalue weighted by Crippen LogP contribution is 2.32. The molecule has 0 atom stereocenters. The van der Waals surface area contributed by atoms with Crippen molar-refractivity contribution < 1.29 is 18.3 Å². The second kappa shape index (κ2) is 8.14. The molecule has 2 rings (SSSR count). The van der Waals surface area contributed by atoms with Gasteiger partial charge in [0.1, 0.15) is 5.75 Å². The van der Waals surface area contributed by atoms with E-state index < -0.39 is 6.61 Å². The lowest BCUT2D eigenvalue weighted by Gasteiger charge is -2.16. The lowest BCUT2D eigenvalue weighted by molar-refractivity contribution is -0.113. The van der Waals surface area contributed by atoms with Crippen molar-refractivity contribution in [3.8, 4) is 17.0 Å². The van der Waals surface area contributed by atoms with Crippen LogP contribution in [0.3, 0.4) is 0 Å². The molecule has 2 aromatic rings. The zero-order valence-electron chi connectivity index (χ0n) is 14.4. The van der Waals surface area contributed by atoms with Crippen LogP contribution in [0.15, 0.2) is 24.3 Å². The molecule has 0 radical (unpaired) electrons. The number of hydrogen-bond acceptors (Lipinski definition) is 5. The molecule has 0 unspecified atom stereocenters. The van der Waals surface area contributed by atoms with Gasteiger partial charge in [-0.05, 0) is 31.2 Å². The second-order valence-electron chi connectivity index (χ2n) is 6.28. The van der Waals surface area contributed by atoms with Crippen LogP contribution in [0.25, 0.3) is 11.3 Å². The number of alkyl halides is 2. The van der Waals surface area contributed by atoms with Crippen molar-refractivity contribution in [3.05, 3.63) is 29.1 Å². The minimum Gasteiger partial charge on any atom is -0.435 e. The first kappa shape index (κ1) is 19.7. The quantitative estimate of drug-likeness (QED) is 0.742. The fourth-order valence-electron chi connectivity index (χ4n) is 1.95. The Morgan fingerprint density at radius 3 is 2.52 bits per heavy atom. The van der Waals surface area contributed by atoms with Gasteiger partial charge in [0, 0.05) is 15.2 Å². The lowest BCUT2D eigenvalue weighted by Crippen LogP contribution is -2.18. The fourth-order valence-corrected chi connectivity index (χ4v) is 3.44. The number of halogens is 2. The summed E-state index contributed by atoms with van der Waals surface area (Å²) in [7, 11) is 0. The molecule has 1 aromatic heterocycles. The number of aromatic nitrogens is 1. The van der Waals surface area contributed by atoms with Crippen molar-refractivity contribution >= 4 is 34.1 Å². The summed E-state index contributed by atoms with van der Waals surface area (Å²) in [6, 6.07) is 6.28. The maximum atomic E-state index is 12.2. The maximum absolute atomic E-state index is 12.2. The number of carbonyl (C=O) groups excluding carboxylic acids is 1. The van der Waals surface area contributed by atoms with Crippen molar-refractivity contribution in [1.29, 1.82) is 0 Å². The fraction of sp³-hybridized carbons (Fsp3) is 0.412. The van der Waals surface area contributed by atoms with Crippen LogP contribution in [0, 0.1) is 6.92 Å². The normalized spacial score (nSPS) is 11.6. The first-order chi connectivity index (χ1) is 11.6. The average Bonchev–Trinajstić information content (AvgIpc) is 2.85. The minimum absolute atomic E-state index is 0.0172. The van der Waals surface area contributed by atoms with Gasteiger partial charge in [0.05, 0.1) is 11.4 Å². The summed E-state index contributed by atoms with van der Waals surface area (Å²) in [5.74, 6) is 0.359. The van der Waals surface area contributed by atoms with E-state index in [1.807, 2.05) is 6.92 Å². The van der Waals surface area contributed by atoms with Crippen LogP contribution in [0.1, 0.15) is 25.6 Å². The predicted octanol–water partition coefficient (Wildman–Crippen LogP) is 5.19. The van der Waals surface area contributed by atoms with Crippen LogP contribution in [0.4, 0.5) is 13.9 Å². The smallest absolute Gasteiger partial charge is 0.387 e. The van der Waals surface area contributed by atoms with Crippen LogP contribution in [0.5, 0.6) is 5.75 Å². The standard InChI is InChI=1S/C17H20F2N2O2S2/c1-10-14(11-5-7-12(8-6-11)23-15(18)19)21-16(25-10)20-13(22)9-24-17(2,3)4/h5-8,15H,9H2,1-4H3,(H,20,21,22). The van der Waals surface area contributed by atoms with Gasteiger partial charge < -0.3 is 10.1 Å². The maximum Gasteiger partial charge on any atom is 0.387 e. The van der Waals surface area contributed by atoms with Gasteiger partial charge in [-0.3, -0.25) is 4.79 Å². The Morgan fingerprint density at radius 2 is 1.96 bits per heavy atom. The molecule has 0 spiro atoms. The van der Waals surface area contributed by atoms with E-state index in [4.69, 9.17) is 0 Å². The third-order valence-electron chi connectivity index (χ3n) is 3.03. The van der Waals surface area contributed by atoms with Crippen LogP contribution >= 0.6 is 23.1 Å². The van der Waals surface area contributed by atoms with E-state index >= 15 is 0 Å². The molecule has 136 valence electrons. The van der Waals surface area contributed by atoms with Gasteiger partial charge >= 0.3 is 6.61 Å². The van der Waals surface area contributed by atoms with E-state index in [2.05, 4.69) is 35.8 Å². The van der Waals surface area contributed by atoms with E-state index in [0.29, 0.717) is 16.6 Å². The summed E-state index contributed by atoms with van der Waals surface area (Å²) < 4.78 is 28.7. The van der Waals surface area contributed by atoms with Crippen molar-refractivity contribution in [2.45, 2.75) is 39.1 Å². The molecule has 1 heterocycles. The Balaban J connectivity index is 2.05. The van der Waals surface area contributed by atoms with Crippen LogP contribution < -0.4 is 10.1 Å². The van der Waals surface area contributed by atoms with Gasteiger partial charge in [0.15, 0.2) is 5.13 Å². The van der Waals surface area contributed by atoms with Gasteiger partial charge in [0.2, 0.25) is 5.91 Å². The number of thiazole rings is 1. The number of aryl methyl sites for hydroxylation is 1. The summed E-state index contributed by atoms with van der Waals surface area (Å²) in [5, 5.41) is 3.33. The van der Waals surface area contributed by atoms with Crippen molar-refractivity contribution in [2.75, 3.05) is 11.1 Å². The first-order valence-electron chi connectivity index (χ1n) is 7.60. The summed E-state index contributed by atoms with van der Waals surface area (Å²) in [6.07, 6.45) is 0. The number of nitrogens with one attached hydrogen (secondary N) is 1. The third-order valence-corrected chi connectivity index (χ3v) is 5.19. The number of carbonyl (C=O) groups is 1. The molecule has 1 amide bonds. The van der Waals surface area contributed by atoms with E-state index in [0.717, 1.165) is 10.4 Å². The molecule has 0 aliphatic rings. The van der Waals surface area contributed by atoms with Crippen molar-refractivity contribution in [1.82, 2.24) is 4.98 Å². The molecular weight excluding hydrogens is 366 g/mol. The monoisotopic (exact) mass is 386 g/mol. The van der Waals surface area contributed by atoms with E-state index in [1.54, 1.807) is 23.9 Å². The molecule has 0 saturated heterocycles. The van der Waals surface area contributed by atoms with Crippen LogP contribution in [-0.2, 0) is 4.79 Å². The molecule has 0 aliphatic heterocycles. The van der Waals surface area contributed by atoms with E-state index in [-0.39, 0.29) is 16.4 Å². The van der Waals surface area contributed by atoms with Crippen LogP contribution in [-0.4, -0.2) is 28.0 Å². The average molecular weight is 386 g/mol. The number of benzene rings is 1. The largest absolute Gasteiger partial charge is 0.435 e. The summed E-state index contributed by atoms with van der Waals surface area (Å²) >= 11 is 2.95. The van der Waals surface area contributed by atoms with Crippen molar-refractivity contribution in [2.24, 2.45) is 0 Å². The molecule has 1 N–H and O–H groups in total. The van der Waals surface area contributed by atoms with Gasteiger partial charge in [-0.15, -0.1) is 23.1 Å². The molecule has 8 heteroatoms. The Hall–Kier alpha value is -1.67. The van der Waals surface area contributed by atoms with Gasteiger partial charge in [-0.25, -0.2) is 4.98 Å². The number of anilines is 1. The number of rotatable bonds is 6. The van der Waals surface area contributed by atoms with Crippen molar-refractivity contribution in [3.63, 3.8) is 0 Å². The number of nitrogens with zero attached hydrogens (tertiary/aromatic N) is 1. The highest BCUT2D eigenvalue weighted by molar-refractivity contribution is 8.01. The summed E-state index contributed by atoms with van der Waals surface area (Å²) in [6.45, 7) is 5.21. The molecular formula is C17H20F2N2O2S2. The van der Waals surface area contributed by atoms with E-state index in [9.17, 15) is 13.6 Å². The second-order valence-corrected chi connectivity index (χ2v) is 9.28. The lowest BCUT2D eigenvalue weighted by atomic mass is 10.1. The topological polar surface area (TPSA) is 51.2 Å². The third kappa shape index (κ3) is 6.28. The molecule has 4 nitrogen and oxygen atoms in total. The number of hydrogen-bond donors (Lipinski definition) is 1. The Kier molecular flexibility index (Phi) is 6.40. The zero-order valence-corrected chi connectivity index (χ0v) is 16.1. The van der Waals surface area contributed by atoms with Gasteiger partial charge in [-0.2, -0.15) is 8.78 Å². The highest BCUT2D eigenvalue weighted by atomic mass is 32.2. The predicted molar refractivity (Wildman–Crippen MR) is 99.8 cm³/mol. The summed E-state index contributed by atoms with van der Waals surface area (Å²) in [5.41, 5.74) is 1.49. The molecule has 0 saturated carbocycles. The SMILES string of the molecule is Cc1sc(NC(=O)CSC(C)(C)C)nc1-c1ccc(OC(F)F)cc1. The number of ether oxygens (including phenoxy) is 1. The minimum atomic E-state index is -2.85. The molecule has 0 bridgehead atoms. The molecule has 0 fully saturated rings. The molecule has 0 aliphatic carbocycles. The zero-order chi connectivity index (χ0) is 18.6. The summed E-state index contributed by atoms with van der Waals surface area (Å²) in [4.78, 5) is 17.4. The number of amides is 1. The Morgan fingerprint density at radius 1 is 1.32 bits per heavy atom. The Labute approximate surface area is 154 Å². The number of thioether (sulfide) groups is 1. The first-order valence-corrected chi connectivity index (χ1v) is 9.41. The highest BCUT2D eigenvalue weighted by Gasteiger charge is 2.16. The Bertz CT molecular complexity index is 725.